The molecule has 0 aliphatic rings. The summed E-state index contributed by atoms with van der Waals surface area (Å²) in [5.41, 5.74) is 0. The summed E-state index contributed by atoms with van der Waals surface area (Å²) in [4.78, 5) is 0. The second-order valence-electron chi connectivity index (χ2n) is 4.74. The van der Waals surface area contributed by atoms with Crippen molar-refractivity contribution in [2.75, 3.05) is 38.4 Å². The van der Waals surface area contributed by atoms with Gasteiger partial charge in [0.05, 0.1) is 5.16 Å². The molecule has 0 N–H and O–H groups in total. The molecule has 0 amide bonds. The molecule has 22 heavy (non-hydrogen) atoms. The van der Waals surface area contributed by atoms with Gasteiger partial charge in [-0.1, -0.05) is 22.9 Å². The van der Waals surface area contributed by atoms with E-state index in [0.29, 0.717) is 33.0 Å². The number of hydrogen-bond acceptors (Lipinski definition) is 5. The lowest BCUT2D eigenvalue weighted by atomic mass is 10.9. The monoisotopic (exact) mass is 416 g/mol. The molecule has 134 valence electrons. The van der Waals surface area contributed by atoms with E-state index in [0.717, 1.165) is 11.4 Å². The van der Waals surface area contributed by atoms with Crippen LogP contribution in [0.2, 0.25) is 11.2 Å². The van der Waals surface area contributed by atoms with E-state index >= 15 is 0 Å². The Hall–Kier alpha value is 0.714. The van der Waals surface area contributed by atoms with E-state index in [2.05, 4.69) is 22.9 Å². The maximum Gasteiger partial charge on any atom is 0.505 e. The van der Waals surface area contributed by atoms with E-state index in [9.17, 15) is 0 Å². The zero-order valence-electron chi connectivity index (χ0n) is 14.9. The predicted molar refractivity (Wildman–Crippen MR) is 97.7 cm³/mol. The van der Waals surface area contributed by atoms with Crippen LogP contribution in [-0.4, -0.2) is 55.7 Å². The average Bonchev–Trinajstić information content (AvgIpc) is 2.48. The van der Waals surface area contributed by atoms with Crippen molar-refractivity contribution in [3.05, 3.63) is 0 Å². The molecule has 0 fully saturated rings. The maximum absolute atomic E-state index is 6.20. The fourth-order valence-corrected chi connectivity index (χ4v) is 12.9. The highest BCUT2D eigenvalue weighted by atomic mass is 79.9. The van der Waals surface area contributed by atoms with E-state index in [1.165, 1.54) is 0 Å². The van der Waals surface area contributed by atoms with E-state index in [4.69, 9.17) is 22.1 Å². The molecule has 0 saturated carbocycles. The van der Waals surface area contributed by atoms with Crippen LogP contribution in [0.5, 0.6) is 0 Å². The van der Waals surface area contributed by atoms with Gasteiger partial charge in [-0.3, -0.25) is 0 Å². The quantitative estimate of drug-likeness (QED) is 0.317. The Morgan fingerprint density at radius 2 is 1.09 bits per heavy atom. The number of alkyl halides is 1. The molecule has 1 unspecified atom stereocenters. The smallest absolute Gasteiger partial charge is 0.394 e. The number of hydrogen-bond donors (Lipinski definition) is 0. The summed E-state index contributed by atoms with van der Waals surface area (Å²) in [6.45, 7) is 15.0. The highest BCUT2D eigenvalue weighted by molar-refractivity contribution is 9.09. The molecule has 0 spiro atoms. The van der Waals surface area contributed by atoms with Gasteiger partial charge in [0.25, 0.3) is 0 Å². The molecule has 0 aromatic carbocycles. The topological polar surface area (TPSA) is 46.2 Å². The van der Waals surface area contributed by atoms with Crippen LogP contribution in [0.25, 0.3) is 0 Å². The van der Waals surface area contributed by atoms with Gasteiger partial charge in [0.1, 0.15) is 0 Å². The minimum Gasteiger partial charge on any atom is -0.394 e. The molecule has 0 saturated heterocycles. The van der Waals surface area contributed by atoms with Gasteiger partial charge in [0.2, 0.25) is 0 Å². The Kier molecular flexibility index (Phi) is 12.5. The summed E-state index contributed by atoms with van der Waals surface area (Å²) in [5.74, 6) is 0. The van der Waals surface area contributed by atoms with Crippen LogP contribution in [0.1, 0.15) is 41.5 Å². The van der Waals surface area contributed by atoms with Crippen LogP contribution in [0.4, 0.5) is 0 Å². The fourth-order valence-electron chi connectivity index (χ4n) is 2.65. The van der Waals surface area contributed by atoms with E-state index < -0.39 is 17.4 Å². The van der Waals surface area contributed by atoms with Gasteiger partial charge in [-0.25, -0.2) is 0 Å². The van der Waals surface area contributed by atoms with Crippen molar-refractivity contribution >= 4 is 33.3 Å². The van der Waals surface area contributed by atoms with Gasteiger partial charge >= 0.3 is 17.4 Å². The zero-order chi connectivity index (χ0) is 17.1. The van der Waals surface area contributed by atoms with Crippen molar-refractivity contribution in [1.29, 1.82) is 0 Å². The summed E-state index contributed by atoms with van der Waals surface area (Å²) in [5, 5.41) is 0.843. The molecule has 0 aromatic heterocycles. The SMILES string of the molecule is CCO[Si](CCBr)(OCC)C(C)[Si](OCC)(OCC)OCC. The minimum atomic E-state index is -2.86. The molecule has 0 heterocycles. The van der Waals surface area contributed by atoms with E-state index in [-0.39, 0.29) is 5.16 Å². The van der Waals surface area contributed by atoms with Crippen LogP contribution < -0.4 is 0 Å². The molecular formula is C14H33BrO5Si2. The molecule has 0 aromatic rings. The Morgan fingerprint density at radius 1 is 0.727 bits per heavy atom. The number of rotatable bonds is 14. The van der Waals surface area contributed by atoms with Crippen LogP contribution in [0.3, 0.4) is 0 Å². The van der Waals surface area contributed by atoms with Crippen LogP contribution in [0, 0.1) is 0 Å². The third-order valence-corrected chi connectivity index (χ3v) is 13.9. The normalized spacial score (nSPS) is 14.3. The Bertz CT molecular complexity index is 224. The summed E-state index contributed by atoms with van der Waals surface area (Å²) < 4.78 is 30.6. The maximum atomic E-state index is 6.20. The molecule has 0 aliphatic heterocycles. The Balaban J connectivity index is 5.67. The molecule has 0 rings (SSSR count). The second kappa shape index (κ2) is 12.1. The van der Waals surface area contributed by atoms with Crippen LogP contribution in [0.15, 0.2) is 0 Å². The van der Waals surface area contributed by atoms with Gasteiger partial charge in [0, 0.05) is 44.4 Å². The molecular weight excluding hydrogens is 384 g/mol. The lowest BCUT2D eigenvalue weighted by Crippen LogP contribution is -2.62. The first-order chi connectivity index (χ1) is 10.5. The van der Waals surface area contributed by atoms with Crippen molar-refractivity contribution in [3.8, 4) is 0 Å². The lowest BCUT2D eigenvalue weighted by Gasteiger charge is -2.42. The Morgan fingerprint density at radius 3 is 1.36 bits per heavy atom. The van der Waals surface area contributed by atoms with Crippen molar-refractivity contribution in [3.63, 3.8) is 0 Å². The molecule has 1 atom stereocenters. The lowest BCUT2D eigenvalue weighted by molar-refractivity contribution is 0.0610. The van der Waals surface area contributed by atoms with Gasteiger partial charge in [-0.05, 0) is 34.6 Å². The van der Waals surface area contributed by atoms with Crippen molar-refractivity contribution in [2.45, 2.75) is 52.8 Å². The molecule has 0 radical (unpaired) electrons. The van der Waals surface area contributed by atoms with Crippen molar-refractivity contribution in [1.82, 2.24) is 0 Å². The minimum absolute atomic E-state index is 0.0114. The van der Waals surface area contributed by atoms with Gasteiger partial charge in [0.15, 0.2) is 0 Å². The molecule has 8 heteroatoms. The van der Waals surface area contributed by atoms with Gasteiger partial charge in [-0.15, -0.1) is 0 Å². The largest absolute Gasteiger partial charge is 0.505 e. The second-order valence-corrected chi connectivity index (χ2v) is 12.6. The van der Waals surface area contributed by atoms with Gasteiger partial charge < -0.3 is 22.1 Å². The van der Waals surface area contributed by atoms with Crippen LogP contribution in [-0.2, 0) is 22.1 Å². The average molecular weight is 417 g/mol. The predicted octanol–water partition coefficient (Wildman–Crippen LogP) is 3.87. The zero-order valence-corrected chi connectivity index (χ0v) is 18.5. The third kappa shape index (κ3) is 5.97. The molecule has 5 nitrogen and oxygen atoms in total. The fraction of sp³-hybridized carbons (Fsp3) is 1.00. The number of halogens is 1. The summed E-state index contributed by atoms with van der Waals surface area (Å²) in [6, 6.07) is 0.845. The molecule has 0 bridgehead atoms. The van der Waals surface area contributed by atoms with Crippen molar-refractivity contribution in [2.24, 2.45) is 0 Å². The van der Waals surface area contributed by atoms with Crippen molar-refractivity contribution < 1.29 is 22.1 Å². The highest BCUT2D eigenvalue weighted by Gasteiger charge is 2.60. The first-order valence-electron chi connectivity index (χ1n) is 8.28. The van der Waals surface area contributed by atoms with Gasteiger partial charge in [-0.2, -0.15) is 0 Å². The first-order valence-corrected chi connectivity index (χ1v) is 13.3. The van der Waals surface area contributed by atoms with E-state index in [1.807, 2.05) is 34.6 Å². The van der Waals surface area contributed by atoms with Crippen LogP contribution >= 0.6 is 15.9 Å². The summed E-state index contributed by atoms with van der Waals surface area (Å²) >= 11 is 3.54. The third-order valence-electron chi connectivity index (χ3n) is 3.45. The summed E-state index contributed by atoms with van der Waals surface area (Å²) in [7, 11) is -5.36. The first kappa shape index (κ1) is 22.7. The standard InChI is InChI=1S/C14H33BrO5Si2/c1-7-16-21(13-12-15,17-8-2)14(6)22(18-9-3,19-10-4)20-11-5/h14H,7-13H2,1-6H3. The molecule has 0 aliphatic carbocycles. The van der Waals surface area contributed by atoms with E-state index in [1.54, 1.807) is 0 Å². The highest BCUT2D eigenvalue weighted by Crippen LogP contribution is 2.38. The summed E-state index contributed by atoms with van der Waals surface area (Å²) in [6.07, 6.45) is 0. The Labute approximate surface area is 146 Å².